The highest BCUT2D eigenvalue weighted by Gasteiger charge is 2.18. The van der Waals surface area contributed by atoms with Crippen molar-refractivity contribution in [1.82, 2.24) is 5.32 Å². The van der Waals surface area contributed by atoms with Crippen molar-refractivity contribution < 1.29 is 13.5 Å². The molecule has 0 radical (unpaired) electrons. The number of halogens is 2. The lowest BCUT2D eigenvalue weighted by atomic mass is 10.1. The van der Waals surface area contributed by atoms with Crippen LogP contribution in [0.15, 0.2) is 35.3 Å². The van der Waals surface area contributed by atoms with E-state index in [1.54, 1.807) is 20.0 Å². The van der Waals surface area contributed by atoms with E-state index in [2.05, 4.69) is 24.9 Å². The van der Waals surface area contributed by atoms with Crippen molar-refractivity contribution in [3.05, 3.63) is 53.1 Å². The number of nitrogens with zero attached hydrogens (tertiary/aromatic N) is 1. The second-order valence-corrected chi connectivity index (χ2v) is 6.38. The molecule has 0 saturated carbocycles. The SMILES string of the molecule is CC.CNCCN=C(N)OC(=N)c1ccc(P)c(F)c1Nc1ccc(C)cc1F. The molecule has 0 aliphatic carbocycles. The first-order valence-electron chi connectivity index (χ1n) is 9.16. The first-order chi connectivity index (χ1) is 13.8. The maximum Gasteiger partial charge on any atom is 0.288 e. The van der Waals surface area contributed by atoms with E-state index in [9.17, 15) is 8.78 Å². The Balaban J connectivity index is 0.00000204. The van der Waals surface area contributed by atoms with Crippen LogP contribution in [-0.4, -0.2) is 32.1 Å². The normalized spacial score (nSPS) is 10.8. The Morgan fingerprint density at radius 3 is 2.55 bits per heavy atom. The quantitative estimate of drug-likeness (QED) is 0.248. The van der Waals surface area contributed by atoms with Gasteiger partial charge in [0.2, 0.25) is 5.90 Å². The monoisotopic (exact) mass is 423 g/mol. The van der Waals surface area contributed by atoms with E-state index in [1.807, 2.05) is 13.8 Å². The number of hydrogen-bond donors (Lipinski definition) is 4. The number of aliphatic imine (C=N–C) groups is 1. The number of ether oxygens (including phenoxy) is 1. The van der Waals surface area contributed by atoms with Gasteiger partial charge in [-0.05, 0) is 37.7 Å². The van der Waals surface area contributed by atoms with Gasteiger partial charge < -0.3 is 21.1 Å². The molecule has 0 aromatic heterocycles. The average Bonchev–Trinajstić information content (AvgIpc) is 2.69. The third-order valence-corrected chi connectivity index (χ3v) is 4.08. The number of hydrogen-bond acceptors (Lipinski definition) is 5. The number of likely N-dealkylation sites (N-methyl/N-ethyl adjacent to an activating group) is 1. The Bertz CT molecular complexity index is 874. The topological polar surface area (TPSA) is 95.5 Å². The number of amidine groups is 1. The summed E-state index contributed by atoms with van der Waals surface area (Å²) in [5.41, 5.74) is 6.47. The second-order valence-electron chi connectivity index (χ2n) is 5.75. The molecule has 29 heavy (non-hydrogen) atoms. The Morgan fingerprint density at radius 1 is 1.24 bits per heavy atom. The lowest BCUT2D eigenvalue weighted by molar-refractivity contribution is 0.527. The van der Waals surface area contributed by atoms with Crippen LogP contribution in [0.2, 0.25) is 0 Å². The molecular formula is C20H28F2N5OP. The zero-order valence-electron chi connectivity index (χ0n) is 17.1. The molecule has 0 aliphatic heterocycles. The van der Waals surface area contributed by atoms with Crippen molar-refractivity contribution in [3.63, 3.8) is 0 Å². The van der Waals surface area contributed by atoms with Crippen molar-refractivity contribution in [1.29, 1.82) is 5.41 Å². The van der Waals surface area contributed by atoms with E-state index in [0.29, 0.717) is 13.1 Å². The summed E-state index contributed by atoms with van der Waals surface area (Å²) >= 11 is 0. The number of nitrogens with one attached hydrogen (secondary N) is 3. The van der Waals surface area contributed by atoms with Gasteiger partial charge in [0, 0.05) is 11.8 Å². The van der Waals surface area contributed by atoms with E-state index in [0.717, 1.165) is 5.56 Å². The minimum atomic E-state index is -0.642. The smallest absolute Gasteiger partial charge is 0.288 e. The largest absolute Gasteiger partial charge is 0.407 e. The minimum Gasteiger partial charge on any atom is -0.407 e. The van der Waals surface area contributed by atoms with E-state index in [1.165, 1.54) is 24.3 Å². The van der Waals surface area contributed by atoms with Crippen LogP contribution in [0.3, 0.4) is 0 Å². The molecule has 0 saturated heterocycles. The maximum absolute atomic E-state index is 14.7. The number of benzene rings is 2. The number of rotatable bonds is 6. The fourth-order valence-electron chi connectivity index (χ4n) is 2.23. The fraction of sp³-hybridized carbons (Fsp3) is 0.300. The summed E-state index contributed by atoms with van der Waals surface area (Å²) in [6, 6.07) is 7.28. The Hall–Kier alpha value is -2.57. The third-order valence-electron chi connectivity index (χ3n) is 3.64. The van der Waals surface area contributed by atoms with E-state index >= 15 is 0 Å². The van der Waals surface area contributed by atoms with Crippen molar-refractivity contribution in [2.75, 3.05) is 25.5 Å². The molecule has 0 spiro atoms. The predicted octanol–water partition coefficient (Wildman–Crippen LogP) is 3.42. The molecule has 1 unspecified atom stereocenters. The van der Waals surface area contributed by atoms with Crippen LogP contribution in [0.5, 0.6) is 0 Å². The number of aryl methyl sites for hydroxylation is 1. The standard InChI is InChI=1S/C18H22F2N5OP.C2H6/c1-10-3-5-13(12(19)9-10)25-16-11(4-6-14(27)15(16)20)17(21)26-18(22)24-8-7-23-2;1-2/h3-6,9,21,23,25H,7-8,27H2,1-2H3,(H2,22,24);1-2H3. The molecule has 9 heteroatoms. The van der Waals surface area contributed by atoms with Crippen LogP contribution in [0.25, 0.3) is 0 Å². The zero-order chi connectivity index (χ0) is 22.0. The third kappa shape index (κ3) is 7.07. The molecule has 0 aliphatic rings. The Labute approximate surface area is 172 Å². The fourth-order valence-corrected chi connectivity index (χ4v) is 2.47. The van der Waals surface area contributed by atoms with Crippen molar-refractivity contribution >= 4 is 37.8 Å². The highest BCUT2D eigenvalue weighted by molar-refractivity contribution is 7.27. The molecular weight excluding hydrogens is 395 g/mol. The molecule has 6 nitrogen and oxygen atoms in total. The summed E-state index contributed by atoms with van der Waals surface area (Å²) in [7, 11) is 4.02. The predicted molar refractivity (Wildman–Crippen MR) is 120 cm³/mol. The van der Waals surface area contributed by atoms with Gasteiger partial charge in [0.05, 0.1) is 23.5 Å². The summed E-state index contributed by atoms with van der Waals surface area (Å²) in [5, 5.41) is 14.0. The first-order valence-corrected chi connectivity index (χ1v) is 9.73. The molecule has 0 amide bonds. The number of nitrogens with two attached hydrogens (primary N) is 1. The molecule has 0 fully saturated rings. The first kappa shape index (κ1) is 24.5. The summed E-state index contributed by atoms with van der Waals surface area (Å²) < 4.78 is 34.0. The van der Waals surface area contributed by atoms with Gasteiger partial charge in [-0.25, -0.2) is 13.8 Å². The molecule has 158 valence electrons. The highest BCUT2D eigenvalue weighted by Crippen LogP contribution is 2.27. The molecule has 1 atom stereocenters. The van der Waals surface area contributed by atoms with Gasteiger partial charge in [-0.1, -0.05) is 26.0 Å². The van der Waals surface area contributed by atoms with Crippen LogP contribution >= 0.6 is 9.24 Å². The lowest BCUT2D eigenvalue weighted by Crippen LogP contribution is -2.24. The number of anilines is 2. The molecule has 0 bridgehead atoms. The summed E-state index contributed by atoms with van der Waals surface area (Å²) in [6.45, 7) is 6.71. The van der Waals surface area contributed by atoms with Crippen molar-refractivity contribution in [2.45, 2.75) is 20.8 Å². The van der Waals surface area contributed by atoms with Gasteiger partial charge in [0.1, 0.15) is 5.82 Å². The molecule has 0 heterocycles. The Kier molecular flexibility index (Phi) is 10.2. The van der Waals surface area contributed by atoms with E-state index in [4.69, 9.17) is 15.9 Å². The highest BCUT2D eigenvalue weighted by atomic mass is 31.0. The molecule has 2 aromatic carbocycles. The Morgan fingerprint density at radius 2 is 1.93 bits per heavy atom. The van der Waals surface area contributed by atoms with E-state index in [-0.39, 0.29) is 28.3 Å². The molecule has 2 rings (SSSR count). The molecule has 5 N–H and O–H groups in total. The van der Waals surface area contributed by atoms with Crippen LogP contribution in [0.1, 0.15) is 25.0 Å². The van der Waals surface area contributed by atoms with Crippen LogP contribution < -0.4 is 21.7 Å². The van der Waals surface area contributed by atoms with Crippen LogP contribution in [0.4, 0.5) is 20.2 Å². The average molecular weight is 423 g/mol. The van der Waals surface area contributed by atoms with Gasteiger partial charge in [0.15, 0.2) is 5.82 Å². The molecule has 2 aromatic rings. The van der Waals surface area contributed by atoms with Crippen LogP contribution in [-0.2, 0) is 4.74 Å². The summed E-state index contributed by atoms with van der Waals surface area (Å²) in [4.78, 5) is 3.95. The van der Waals surface area contributed by atoms with Gasteiger partial charge in [-0.3, -0.25) is 5.41 Å². The van der Waals surface area contributed by atoms with Gasteiger partial charge >= 0.3 is 0 Å². The van der Waals surface area contributed by atoms with Gasteiger partial charge in [-0.2, -0.15) is 0 Å². The summed E-state index contributed by atoms with van der Waals surface area (Å²) in [5.74, 6) is -1.58. The second kappa shape index (κ2) is 12.1. The lowest BCUT2D eigenvalue weighted by Gasteiger charge is -2.16. The van der Waals surface area contributed by atoms with Crippen LogP contribution in [0, 0.1) is 24.0 Å². The van der Waals surface area contributed by atoms with Crippen molar-refractivity contribution in [2.24, 2.45) is 10.7 Å². The maximum atomic E-state index is 14.7. The summed E-state index contributed by atoms with van der Waals surface area (Å²) in [6.07, 6.45) is 0. The zero-order valence-corrected chi connectivity index (χ0v) is 18.2. The van der Waals surface area contributed by atoms with Gasteiger partial charge in [-0.15, -0.1) is 9.24 Å². The van der Waals surface area contributed by atoms with E-state index < -0.39 is 17.5 Å². The van der Waals surface area contributed by atoms with Gasteiger partial charge in [0.25, 0.3) is 6.02 Å². The minimum absolute atomic E-state index is 0.0832. The van der Waals surface area contributed by atoms with Crippen molar-refractivity contribution in [3.8, 4) is 0 Å².